The Kier molecular flexibility index (Phi) is 4.90. The van der Waals surface area contributed by atoms with Gasteiger partial charge in [-0.25, -0.2) is 0 Å². The maximum atomic E-state index is 12.5. The number of alkyl halides is 3. The van der Waals surface area contributed by atoms with Crippen LogP contribution < -0.4 is 4.74 Å². The zero-order chi connectivity index (χ0) is 18.7. The Bertz CT molecular complexity index is 878. The Morgan fingerprint density at radius 1 is 1.19 bits per heavy atom. The third-order valence-electron chi connectivity index (χ3n) is 3.75. The average molecular weight is 364 g/mol. The third-order valence-corrected chi connectivity index (χ3v) is 3.75. The van der Waals surface area contributed by atoms with Crippen LogP contribution in [0, 0.1) is 0 Å². The van der Waals surface area contributed by atoms with Crippen molar-refractivity contribution in [2.75, 3.05) is 7.11 Å². The molecule has 0 aliphatic heterocycles. The van der Waals surface area contributed by atoms with E-state index in [4.69, 9.17) is 4.74 Å². The Labute approximate surface area is 146 Å². The number of aliphatic hydroxyl groups is 1. The molecule has 0 fully saturated rings. The molecule has 6 nitrogen and oxygen atoms in total. The second kappa shape index (κ2) is 7.12. The van der Waals surface area contributed by atoms with E-state index in [1.807, 2.05) is 0 Å². The maximum absolute atomic E-state index is 12.5. The van der Waals surface area contributed by atoms with E-state index in [1.165, 1.54) is 30.3 Å². The molecule has 0 bridgehead atoms. The van der Waals surface area contributed by atoms with Gasteiger partial charge < -0.3 is 9.84 Å². The lowest BCUT2D eigenvalue weighted by Crippen LogP contribution is -2.08. The van der Waals surface area contributed by atoms with Crippen LogP contribution in [0.5, 0.6) is 5.75 Å². The zero-order valence-electron chi connectivity index (χ0n) is 13.7. The minimum atomic E-state index is -4.47. The molecular weight excluding hydrogens is 349 g/mol. The van der Waals surface area contributed by atoms with Gasteiger partial charge in [-0.15, -0.1) is 0 Å². The number of aliphatic hydroxyl groups excluding tert-OH is 1. The first-order chi connectivity index (χ1) is 12.4. The number of aromatic nitrogens is 4. The topological polar surface area (TPSA) is 73.1 Å². The molecule has 0 aliphatic rings. The van der Waals surface area contributed by atoms with Crippen molar-refractivity contribution in [3.05, 3.63) is 71.6 Å². The van der Waals surface area contributed by atoms with Gasteiger partial charge in [0.15, 0.2) is 0 Å². The first kappa shape index (κ1) is 17.9. The van der Waals surface area contributed by atoms with Gasteiger partial charge in [-0.1, -0.05) is 6.07 Å². The van der Waals surface area contributed by atoms with Crippen molar-refractivity contribution in [2.24, 2.45) is 0 Å². The van der Waals surface area contributed by atoms with Gasteiger partial charge in [-0.2, -0.15) is 18.3 Å². The molecule has 9 heteroatoms. The molecule has 3 heterocycles. The standard InChI is InChI=1S/C17H15F3N4O2/c1-26-14-4-5-21-8-13(14)16(25)12-7-23-24(10-12)9-11-2-3-15(22-6-11)17(18,19)20/h2-8,10,16,25H,9H2,1H3. The van der Waals surface area contributed by atoms with Gasteiger partial charge >= 0.3 is 6.18 Å². The summed E-state index contributed by atoms with van der Waals surface area (Å²) < 4.78 is 44.3. The van der Waals surface area contributed by atoms with Crippen molar-refractivity contribution in [3.8, 4) is 5.75 Å². The van der Waals surface area contributed by atoms with E-state index < -0.39 is 18.0 Å². The average Bonchev–Trinajstić information content (AvgIpc) is 3.09. The molecular formula is C17H15F3N4O2. The predicted octanol–water partition coefficient (Wildman–Crippen LogP) is 2.83. The number of pyridine rings is 2. The van der Waals surface area contributed by atoms with Crippen LogP contribution in [0.2, 0.25) is 0 Å². The molecule has 0 saturated heterocycles. The molecule has 0 amide bonds. The van der Waals surface area contributed by atoms with Gasteiger partial charge in [0.25, 0.3) is 0 Å². The number of ether oxygens (including phenoxy) is 1. The molecule has 3 aromatic rings. The second-order valence-corrected chi connectivity index (χ2v) is 5.54. The minimum Gasteiger partial charge on any atom is -0.496 e. The summed E-state index contributed by atoms with van der Waals surface area (Å²) in [7, 11) is 1.49. The van der Waals surface area contributed by atoms with Gasteiger partial charge in [0.1, 0.15) is 17.5 Å². The van der Waals surface area contributed by atoms with Crippen LogP contribution in [0.15, 0.2) is 49.2 Å². The highest BCUT2D eigenvalue weighted by atomic mass is 19.4. The fourth-order valence-electron chi connectivity index (χ4n) is 2.44. The summed E-state index contributed by atoms with van der Waals surface area (Å²) in [6, 6.07) is 3.91. The second-order valence-electron chi connectivity index (χ2n) is 5.54. The molecule has 0 radical (unpaired) electrons. The number of methoxy groups -OCH3 is 1. The first-order valence-corrected chi connectivity index (χ1v) is 7.59. The van der Waals surface area contributed by atoms with Crippen LogP contribution in [0.4, 0.5) is 13.2 Å². The zero-order valence-corrected chi connectivity index (χ0v) is 13.7. The number of hydrogen-bond donors (Lipinski definition) is 1. The monoisotopic (exact) mass is 364 g/mol. The Morgan fingerprint density at radius 3 is 2.65 bits per heavy atom. The minimum absolute atomic E-state index is 0.224. The Balaban J connectivity index is 1.75. The quantitative estimate of drug-likeness (QED) is 0.754. The van der Waals surface area contributed by atoms with Crippen molar-refractivity contribution in [3.63, 3.8) is 0 Å². The SMILES string of the molecule is COc1ccncc1C(O)c1cnn(Cc2ccc(C(F)(F)F)nc2)c1. The van der Waals surface area contributed by atoms with Gasteiger partial charge in [0, 0.05) is 35.9 Å². The van der Waals surface area contributed by atoms with Gasteiger partial charge in [-0.3, -0.25) is 14.6 Å². The van der Waals surface area contributed by atoms with Crippen molar-refractivity contribution >= 4 is 0 Å². The van der Waals surface area contributed by atoms with E-state index in [9.17, 15) is 18.3 Å². The highest BCUT2D eigenvalue weighted by molar-refractivity contribution is 5.36. The van der Waals surface area contributed by atoms with Crippen LogP contribution in [-0.4, -0.2) is 32.0 Å². The summed E-state index contributed by atoms with van der Waals surface area (Å²) in [5, 5.41) is 14.6. The van der Waals surface area contributed by atoms with E-state index in [0.29, 0.717) is 22.4 Å². The summed E-state index contributed by atoms with van der Waals surface area (Å²) in [4.78, 5) is 7.39. The smallest absolute Gasteiger partial charge is 0.433 e. The molecule has 0 aliphatic carbocycles. The molecule has 0 aromatic carbocycles. The van der Waals surface area contributed by atoms with E-state index in [0.717, 1.165) is 12.3 Å². The van der Waals surface area contributed by atoms with Gasteiger partial charge in [0.05, 0.1) is 19.9 Å². The molecule has 0 spiro atoms. The van der Waals surface area contributed by atoms with Crippen LogP contribution >= 0.6 is 0 Å². The lowest BCUT2D eigenvalue weighted by atomic mass is 10.1. The molecule has 1 N–H and O–H groups in total. The highest BCUT2D eigenvalue weighted by Crippen LogP contribution is 2.29. The summed E-state index contributed by atoms with van der Waals surface area (Å²) >= 11 is 0. The van der Waals surface area contributed by atoms with Crippen molar-refractivity contribution in [1.29, 1.82) is 0 Å². The van der Waals surface area contributed by atoms with Crippen LogP contribution in [0.1, 0.15) is 28.5 Å². The van der Waals surface area contributed by atoms with E-state index in [1.54, 1.807) is 18.5 Å². The van der Waals surface area contributed by atoms with Crippen molar-refractivity contribution in [1.82, 2.24) is 19.7 Å². The summed E-state index contributed by atoms with van der Waals surface area (Å²) in [6.07, 6.45) is 1.84. The summed E-state index contributed by atoms with van der Waals surface area (Å²) in [5.41, 5.74) is 0.615. The molecule has 136 valence electrons. The molecule has 3 aromatic heterocycles. The number of hydrogen-bond acceptors (Lipinski definition) is 5. The summed E-state index contributed by atoms with van der Waals surface area (Å²) in [6.45, 7) is 0.224. The fourth-order valence-corrected chi connectivity index (χ4v) is 2.44. The third kappa shape index (κ3) is 3.83. The molecule has 26 heavy (non-hydrogen) atoms. The van der Waals surface area contributed by atoms with Crippen LogP contribution in [0.3, 0.4) is 0 Å². The first-order valence-electron chi connectivity index (χ1n) is 7.59. The number of nitrogens with zero attached hydrogens (tertiary/aromatic N) is 4. The molecule has 3 rings (SSSR count). The summed E-state index contributed by atoms with van der Waals surface area (Å²) in [5.74, 6) is 0.493. The Morgan fingerprint density at radius 2 is 2.00 bits per heavy atom. The molecule has 1 atom stereocenters. The number of halogens is 3. The van der Waals surface area contributed by atoms with Crippen molar-refractivity contribution in [2.45, 2.75) is 18.8 Å². The van der Waals surface area contributed by atoms with Crippen molar-refractivity contribution < 1.29 is 23.0 Å². The lowest BCUT2D eigenvalue weighted by Gasteiger charge is -2.12. The van der Waals surface area contributed by atoms with E-state index >= 15 is 0 Å². The van der Waals surface area contributed by atoms with Crippen LogP contribution in [0.25, 0.3) is 0 Å². The fraction of sp³-hybridized carbons (Fsp3) is 0.235. The lowest BCUT2D eigenvalue weighted by molar-refractivity contribution is -0.141. The van der Waals surface area contributed by atoms with E-state index in [-0.39, 0.29) is 6.54 Å². The predicted molar refractivity (Wildman–Crippen MR) is 85.4 cm³/mol. The Hall–Kier alpha value is -2.94. The van der Waals surface area contributed by atoms with Gasteiger partial charge in [0.2, 0.25) is 0 Å². The van der Waals surface area contributed by atoms with Gasteiger partial charge in [-0.05, 0) is 17.7 Å². The normalized spacial score (nSPS) is 12.8. The number of rotatable bonds is 5. The largest absolute Gasteiger partial charge is 0.496 e. The molecule has 1 unspecified atom stereocenters. The molecule has 0 saturated carbocycles. The maximum Gasteiger partial charge on any atom is 0.433 e. The highest BCUT2D eigenvalue weighted by Gasteiger charge is 2.32. The van der Waals surface area contributed by atoms with E-state index in [2.05, 4.69) is 15.1 Å². The van der Waals surface area contributed by atoms with Crippen LogP contribution in [-0.2, 0) is 12.7 Å².